The van der Waals surface area contributed by atoms with Crippen LogP contribution in [0.1, 0.15) is 50.7 Å². The van der Waals surface area contributed by atoms with Gasteiger partial charge in [0, 0.05) is 32.7 Å². The van der Waals surface area contributed by atoms with Gasteiger partial charge in [0.25, 0.3) is 0 Å². The number of methoxy groups -OCH3 is 1. The molecule has 0 unspecified atom stereocenters. The third-order valence-corrected chi connectivity index (χ3v) is 6.19. The second kappa shape index (κ2) is 5.72. The first-order valence-electron chi connectivity index (χ1n) is 9.19. The Kier molecular flexibility index (Phi) is 3.90. The molecule has 2 fully saturated rings. The molecule has 0 aromatic heterocycles. The van der Waals surface area contributed by atoms with E-state index in [1.54, 1.807) is 0 Å². The lowest BCUT2D eigenvalue weighted by Crippen LogP contribution is -2.51. The van der Waals surface area contributed by atoms with E-state index in [2.05, 4.69) is 36.9 Å². The van der Waals surface area contributed by atoms with Crippen LogP contribution in [0.2, 0.25) is 0 Å². The maximum atomic E-state index is 10.1. The van der Waals surface area contributed by atoms with Gasteiger partial charge >= 0.3 is 0 Å². The minimum Gasteiger partial charge on any atom is -0.487 e. The molecule has 24 heavy (non-hydrogen) atoms. The average Bonchev–Trinajstić information content (AvgIpc) is 3.04. The summed E-state index contributed by atoms with van der Waals surface area (Å²) < 4.78 is 11.9. The molecule has 0 spiro atoms. The van der Waals surface area contributed by atoms with Gasteiger partial charge in [0.2, 0.25) is 0 Å². The molecule has 132 valence electrons. The number of hydrogen-bond acceptors (Lipinski definition) is 4. The molecule has 1 aromatic carbocycles. The van der Waals surface area contributed by atoms with Gasteiger partial charge in [0.05, 0.1) is 11.7 Å². The number of benzene rings is 1. The topological polar surface area (TPSA) is 41.9 Å². The predicted octanol–water partition coefficient (Wildman–Crippen LogP) is 2.90. The highest BCUT2D eigenvalue weighted by atomic mass is 16.5. The van der Waals surface area contributed by atoms with Crippen LogP contribution in [0.15, 0.2) is 18.2 Å². The van der Waals surface area contributed by atoms with Crippen molar-refractivity contribution in [2.45, 2.75) is 75.8 Å². The normalized spacial score (nSPS) is 34.7. The number of fused-ring (bicyclic) bond motifs is 2. The van der Waals surface area contributed by atoms with Crippen LogP contribution >= 0.6 is 0 Å². The molecule has 3 atom stereocenters. The van der Waals surface area contributed by atoms with Crippen molar-refractivity contribution >= 4 is 0 Å². The molecule has 0 amide bonds. The zero-order valence-corrected chi connectivity index (χ0v) is 15.0. The van der Waals surface area contributed by atoms with Crippen molar-refractivity contribution in [2.24, 2.45) is 0 Å². The first-order valence-corrected chi connectivity index (χ1v) is 9.19. The number of nitrogens with zero attached hydrogens (tertiary/aromatic N) is 1. The molecule has 3 aliphatic rings. The van der Waals surface area contributed by atoms with E-state index in [0.29, 0.717) is 6.04 Å². The molecular weight excluding hydrogens is 302 g/mol. The van der Waals surface area contributed by atoms with Gasteiger partial charge in [0.1, 0.15) is 11.4 Å². The van der Waals surface area contributed by atoms with Gasteiger partial charge in [-0.15, -0.1) is 0 Å². The Morgan fingerprint density at radius 2 is 2.17 bits per heavy atom. The molecular formula is C20H29NO3. The lowest BCUT2D eigenvalue weighted by Gasteiger charge is -2.42. The molecule has 4 heteroatoms. The summed E-state index contributed by atoms with van der Waals surface area (Å²) in [4.78, 5) is 2.51. The van der Waals surface area contributed by atoms with Gasteiger partial charge in [-0.3, -0.25) is 4.90 Å². The van der Waals surface area contributed by atoms with Crippen LogP contribution in [0.4, 0.5) is 0 Å². The molecule has 4 rings (SSSR count). The van der Waals surface area contributed by atoms with E-state index >= 15 is 0 Å². The Morgan fingerprint density at radius 1 is 1.33 bits per heavy atom. The summed E-state index contributed by atoms with van der Waals surface area (Å²) in [5.41, 5.74) is 2.51. The van der Waals surface area contributed by atoms with E-state index in [9.17, 15) is 5.11 Å². The van der Waals surface area contributed by atoms with Crippen LogP contribution in [-0.2, 0) is 17.7 Å². The molecule has 1 saturated heterocycles. The monoisotopic (exact) mass is 331 g/mol. The first-order chi connectivity index (χ1) is 11.4. The molecule has 2 heterocycles. The third-order valence-electron chi connectivity index (χ3n) is 6.19. The number of hydrogen-bond donors (Lipinski definition) is 1. The summed E-state index contributed by atoms with van der Waals surface area (Å²) >= 11 is 0. The Morgan fingerprint density at radius 3 is 2.96 bits per heavy atom. The van der Waals surface area contributed by atoms with E-state index in [4.69, 9.17) is 9.47 Å². The molecule has 1 saturated carbocycles. The SMILES string of the molecule is CO[C@@]12CC[C@@H](O)C[C@@H]1N(Cc1ccc3c(c1)CC(C)(C)O3)CC2. The molecule has 1 N–H and O–H groups in total. The lowest BCUT2D eigenvalue weighted by atomic mass is 9.79. The van der Waals surface area contributed by atoms with E-state index in [1.807, 2.05) is 7.11 Å². The van der Waals surface area contributed by atoms with E-state index in [-0.39, 0.29) is 17.3 Å². The molecule has 1 aromatic rings. The minimum atomic E-state index is -0.187. The van der Waals surface area contributed by atoms with Gasteiger partial charge in [-0.1, -0.05) is 12.1 Å². The van der Waals surface area contributed by atoms with Crippen LogP contribution < -0.4 is 4.74 Å². The smallest absolute Gasteiger partial charge is 0.123 e. The number of rotatable bonds is 3. The third kappa shape index (κ3) is 2.75. The van der Waals surface area contributed by atoms with Crippen LogP contribution in [0.25, 0.3) is 0 Å². The van der Waals surface area contributed by atoms with Crippen LogP contribution in [-0.4, -0.2) is 47.0 Å². The summed E-state index contributed by atoms with van der Waals surface area (Å²) in [7, 11) is 1.84. The molecule has 4 nitrogen and oxygen atoms in total. The Balaban J connectivity index is 1.52. The summed E-state index contributed by atoms with van der Waals surface area (Å²) in [6.07, 6.45) is 4.52. The van der Waals surface area contributed by atoms with E-state index < -0.39 is 0 Å². The van der Waals surface area contributed by atoms with E-state index in [0.717, 1.165) is 50.9 Å². The van der Waals surface area contributed by atoms with Crippen molar-refractivity contribution in [3.63, 3.8) is 0 Å². The Hall–Kier alpha value is -1.10. The summed E-state index contributed by atoms with van der Waals surface area (Å²) in [5, 5.41) is 10.1. The van der Waals surface area contributed by atoms with Crippen LogP contribution in [0.5, 0.6) is 5.75 Å². The number of aliphatic hydroxyl groups excluding tert-OH is 1. The molecule has 0 bridgehead atoms. The highest BCUT2D eigenvalue weighted by molar-refractivity contribution is 5.41. The Labute approximate surface area is 144 Å². The minimum absolute atomic E-state index is 0.0545. The number of ether oxygens (including phenoxy) is 2. The fraction of sp³-hybridized carbons (Fsp3) is 0.700. The van der Waals surface area contributed by atoms with Crippen molar-refractivity contribution in [1.82, 2.24) is 4.90 Å². The van der Waals surface area contributed by atoms with Gasteiger partial charge in [-0.2, -0.15) is 0 Å². The lowest BCUT2D eigenvalue weighted by molar-refractivity contribution is -0.0879. The average molecular weight is 331 g/mol. The zero-order valence-electron chi connectivity index (χ0n) is 15.0. The predicted molar refractivity (Wildman–Crippen MR) is 93.3 cm³/mol. The van der Waals surface area contributed by atoms with Gasteiger partial charge in [-0.25, -0.2) is 0 Å². The fourth-order valence-corrected chi connectivity index (χ4v) is 4.96. The second-order valence-electron chi connectivity index (χ2n) is 8.41. The van der Waals surface area contributed by atoms with Gasteiger partial charge < -0.3 is 14.6 Å². The second-order valence-corrected chi connectivity index (χ2v) is 8.41. The van der Waals surface area contributed by atoms with Crippen molar-refractivity contribution in [3.05, 3.63) is 29.3 Å². The number of aliphatic hydroxyl groups is 1. The Bertz CT molecular complexity index is 629. The maximum absolute atomic E-state index is 10.1. The summed E-state index contributed by atoms with van der Waals surface area (Å²) in [6.45, 7) is 6.26. The van der Waals surface area contributed by atoms with Gasteiger partial charge in [-0.05, 0) is 56.7 Å². The van der Waals surface area contributed by atoms with Crippen molar-refractivity contribution in [1.29, 1.82) is 0 Å². The summed E-state index contributed by atoms with van der Waals surface area (Å²) in [6, 6.07) is 6.93. The highest BCUT2D eigenvalue weighted by Gasteiger charge is 2.50. The fourth-order valence-electron chi connectivity index (χ4n) is 4.96. The van der Waals surface area contributed by atoms with Crippen LogP contribution in [0.3, 0.4) is 0 Å². The van der Waals surface area contributed by atoms with Crippen LogP contribution in [0, 0.1) is 0 Å². The van der Waals surface area contributed by atoms with Crippen molar-refractivity contribution < 1.29 is 14.6 Å². The van der Waals surface area contributed by atoms with Crippen molar-refractivity contribution in [3.8, 4) is 5.75 Å². The summed E-state index contributed by atoms with van der Waals surface area (Å²) in [5.74, 6) is 1.03. The largest absolute Gasteiger partial charge is 0.487 e. The molecule has 1 aliphatic carbocycles. The maximum Gasteiger partial charge on any atom is 0.123 e. The first kappa shape index (κ1) is 16.4. The van der Waals surface area contributed by atoms with E-state index in [1.165, 1.54) is 11.1 Å². The number of likely N-dealkylation sites (tertiary alicyclic amines) is 1. The highest BCUT2D eigenvalue weighted by Crippen LogP contribution is 2.43. The quantitative estimate of drug-likeness (QED) is 0.925. The standard InChI is InChI=1S/C20H29NO3/c1-19(2)12-15-10-14(4-5-17(15)24-19)13-21-9-8-20(23-3)7-6-16(22)11-18(20)21/h4-5,10,16,18,22H,6-9,11-13H2,1-3H3/t16-,18+,20-/m1/s1. The van der Waals surface area contributed by atoms with Gasteiger partial charge in [0.15, 0.2) is 0 Å². The molecule has 2 aliphatic heterocycles. The molecule has 0 radical (unpaired) electrons. The zero-order chi connectivity index (χ0) is 16.9. The van der Waals surface area contributed by atoms with Crippen molar-refractivity contribution in [2.75, 3.05) is 13.7 Å².